The SMILES string of the molecule is Cc1oc(CN2CCCCCC2)cc1CNC1CC1. The summed E-state index contributed by atoms with van der Waals surface area (Å²) in [7, 11) is 0. The molecule has 0 amide bonds. The van der Waals surface area contributed by atoms with Crippen LogP contribution in [0.5, 0.6) is 0 Å². The van der Waals surface area contributed by atoms with Crippen molar-refractivity contribution in [1.29, 1.82) is 0 Å². The van der Waals surface area contributed by atoms with Gasteiger partial charge in [0, 0.05) is 18.2 Å². The zero-order valence-electron chi connectivity index (χ0n) is 12.1. The number of hydrogen-bond donors (Lipinski definition) is 1. The van der Waals surface area contributed by atoms with E-state index in [2.05, 4.69) is 23.2 Å². The summed E-state index contributed by atoms with van der Waals surface area (Å²) < 4.78 is 5.93. The standard InChI is InChI=1S/C16H26N2O/c1-13-14(11-17-15-6-7-15)10-16(19-13)12-18-8-4-2-3-5-9-18/h10,15,17H,2-9,11-12H2,1H3. The Labute approximate surface area is 116 Å². The maximum Gasteiger partial charge on any atom is 0.118 e. The smallest absolute Gasteiger partial charge is 0.118 e. The molecular formula is C16H26N2O. The van der Waals surface area contributed by atoms with Crippen molar-refractivity contribution in [2.45, 2.75) is 64.6 Å². The molecule has 19 heavy (non-hydrogen) atoms. The Morgan fingerprint density at radius 1 is 1.21 bits per heavy atom. The summed E-state index contributed by atoms with van der Waals surface area (Å²) in [5.41, 5.74) is 1.34. The molecule has 2 fully saturated rings. The van der Waals surface area contributed by atoms with E-state index in [1.54, 1.807) is 0 Å². The summed E-state index contributed by atoms with van der Waals surface area (Å²) in [6.45, 7) is 6.52. The fourth-order valence-electron chi connectivity index (χ4n) is 2.90. The minimum absolute atomic E-state index is 0.767. The van der Waals surface area contributed by atoms with Gasteiger partial charge in [-0.15, -0.1) is 0 Å². The Bertz CT molecular complexity index is 401. The molecule has 1 aromatic heterocycles. The number of hydrogen-bond acceptors (Lipinski definition) is 3. The second-order valence-electron chi connectivity index (χ2n) is 6.14. The van der Waals surface area contributed by atoms with Crippen LogP contribution in [-0.2, 0) is 13.1 Å². The van der Waals surface area contributed by atoms with Gasteiger partial charge in [0.15, 0.2) is 0 Å². The van der Waals surface area contributed by atoms with Crippen molar-refractivity contribution in [3.63, 3.8) is 0 Å². The summed E-state index contributed by atoms with van der Waals surface area (Å²) in [5.74, 6) is 2.24. The minimum atomic E-state index is 0.767. The van der Waals surface area contributed by atoms with E-state index in [0.29, 0.717) is 0 Å². The van der Waals surface area contributed by atoms with Gasteiger partial charge >= 0.3 is 0 Å². The van der Waals surface area contributed by atoms with Gasteiger partial charge in [-0.2, -0.15) is 0 Å². The molecule has 1 saturated carbocycles. The third-order valence-corrected chi connectivity index (χ3v) is 4.31. The number of likely N-dealkylation sites (tertiary alicyclic amines) is 1. The van der Waals surface area contributed by atoms with Gasteiger partial charge in [-0.3, -0.25) is 4.90 Å². The first-order valence-corrected chi connectivity index (χ1v) is 7.85. The first-order valence-electron chi connectivity index (χ1n) is 7.85. The molecule has 0 spiro atoms. The van der Waals surface area contributed by atoms with Crippen LogP contribution in [0.1, 0.15) is 55.6 Å². The van der Waals surface area contributed by atoms with Crippen LogP contribution >= 0.6 is 0 Å². The van der Waals surface area contributed by atoms with E-state index in [-0.39, 0.29) is 0 Å². The molecule has 1 aromatic rings. The number of aryl methyl sites for hydroxylation is 1. The maximum absolute atomic E-state index is 5.93. The lowest BCUT2D eigenvalue weighted by Gasteiger charge is -2.17. The Kier molecular flexibility index (Phi) is 4.24. The number of nitrogens with one attached hydrogen (secondary N) is 1. The number of nitrogens with zero attached hydrogens (tertiary/aromatic N) is 1. The summed E-state index contributed by atoms with van der Waals surface area (Å²) in [5, 5.41) is 3.57. The quantitative estimate of drug-likeness (QED) is 0.883. The highest BCUT2D eigenvalue weighted by molar-refractivity contribution is 5.21. The molecule has 1 saturated heterocycles. The molecule has 0 unspecified atom stereocenters. The summed E-state index contributed by atoms with van der Waals surface area (Å²) >= 11 is 0. The van der Waals surface area contributed by atoms with E-state index in [0.717, 1.165) is 30.7 Å². The van der Waals surface area contributed by atoms with Crippen LogP contribution in [0.3, 0.4) is 0 Å². The molecule has 0 aromatic carbocycles. The third-order valence-electron chi connectivity index (χ3n) is 4.31. The lowest BCUT2D eigenvalue weighted by Crippen LogP contribution is -2.23. The molecule has 3 heteroatoms. The molecule has 0 bridgehead atoms. The van der Waals surface area contributed by atoms with Crippen molar-refractivity contribution in [2.24, 2.45) is 0 Å². The molecule has 3 nitrogen and oxygen atoms in total. The molecule has 106 valence electrons. The highest BCUT2D eigenvalue weighted by Gasteiger charge is 2.21. The topological polar surface area (TPSA) is 28.4 Å². The normalized spacial score (nSPS) is 21.5. The summed E-state index contributed by atoms with van der Waals surface area (Å²) in [6, 6.07) is 3.03. The average Bonchev–Trinajstić information content (AvgIpc) is 3.17. The fraction of sp³-hybridized carbons (Fsp3) is 0.750. The van der Waals surface area contributed by atoms with Crippen LogP contribution in [0.4, 0.5) is 0 Å². The molecule has 2 aliphatic rings. The predicted molar refractivity (Wildman–Crippen MR) is 77.1 cm³/mol. The van der Waals surface area contributed by atoms with E-state index in [1.165, 1.54) is 57.2 Å². The molecule has 0 atom stereocenters. The number of rotatable bonds is 5. The first-order chi connectivity index (χ1) is 9.31. The Balaban J connectivity index is 1.55. The second-order valence-corrected chi connectivity index (χ2v) is 6.14. The van der Waals surface area contributed by atoms with Gasteiger partial charge in [-0.25, -0.2) is 0 Å². The van der Waals surface area contributed by atoms with Gasteiger partial charge in [0.05, 0.1) is 6.54 Å². The largest absolute Gasteiger partial charge is 0.465 e. The van der Waals surface area contributed by atoms with Crippen molar-refractivity contribution in [1.82, 2.24) is 10.2 Å². The number of furan rings is 1. The first kappa shape index (κ1) is 13.2. The van der Waals surface area contributed by atoms with E-state index in [1.807, 2.05) is 0 Å². The Morgan fingerprint density at radius 3 is 2.63 bits per heavy atom. The van der Waals surface area contributed by atoms with Crippen molar-refractivity contribution in [3.8, 4) is 0 Å². The Hall–Kier alpha value is -0.800. The van der Waals surface area contributed by atoms with Crippen LogP contribution < -0.4 is 5.32 Å². The fourth-order valence-corrected chi connectivity index (χ4v) is 2.90. The highest BCUT2D eigenvalue weighted by atomic mass is 16.3. The van der Waals surface area contributed by atoms with Crippen LogP contribution in [0.25, 0.3) is 0 Å². The van der Waals surface area contributed by atoms with Crippen LogP contribution in [0, 0.1) is 6.92 Å². The Morgan fingerprint density at radius 2 is 1.95 bits per heavy atom. The highest BCUT2D eigenvalue weighted by Crippen LogP contribution is 2.22. The van der Waals surface area contributed by atoms with Crippen LogP contribution in [-0.4, -0.2) is 24.0 Å². The minimum Gasteiger partial charge on any atom is -0.465 e. The van der Waals surface area contributed by atoms with Gasteiger partial charge in [-0.1, -0.05) is 12.8 Å². The average molecular weight is 262 g/mol. The monoisotopic (exact) mass is 262 g/mol. The molecule has 0 radical (unpaired) electrons. The van der Waals surface area contributed by atoms with E-state index in [9.17, 15) is 0 Å². The van der Waals surface area contributed by atoms with Gasteiger partial charge in [0.25, 0.3) is 0 Å². The summed E-state index contributed by atoms with van der Waals surface area (Å²) in [6.07, 6.45) is 8.16. The molecule has 3 rings (SSSR count). The van der Waals surface area contributed by atoms with Crippen LogP contribution in [0.2, 0.25) is 0 Å². The van der Waals surface area contributed by atoms with Crippen molar-refractivity contribution >= 4 is 0 Å². The lowest BCUT2D eigenvalue weighted by atomic mass is 10.2. The molecule has 1 aliphatic carbocycles. The van der Waals surface area contributed by atoms with Gasteiger partial charge in [-0.05, 0) is 51.8 Å². The second kappa shape index (κ2) is 6.10. The van der Waals surface area contributed by atoms with E-state index < -0.39 is 0 Å². The van der Waals surface area contributed by atoms with Crippen molar-refractivity contribution in [2.75, 3.05) is 13.1 Å². The molecular weight excluding hydrogens is 236 g/mol. The van der Waals surface area contributed by atoms with Gasteiger partial charge < -0.3 is 9.73 Å². The molecule has 2 heterocycles. The molecule has 1 N–H and O–H groups in total. The lowest BCUT2D eigenvalue weighted by molar-refractivity contribution is 0.251. The van der Waals surface area contributed by atoms with Gasteiger partial charge in [0.1, 0.15) is 11.5 Å². The van der Waals surface area contributed by atoms with Crippen molar-refractivity contribution < 1.29 is 4.42 Å². The van der Waals surface area contributed by atoms with E-state index in [4.69, 9.17) is 4.42 Å². The van der Waals surface area contributed by atoms with Gasteiger partial charge in [0.2, 0.25) is 0 Å². The summed E-state index contributed by atoms with van der Waals surface area (Å²) in [4.78, 5) is 2.55. The molecule has 1 aliphatic heterocycles. The zero-order valence-corrected chi connectivity index (χ0v) is 12.1. The zero-order chi connectivity index (χ0) is 13.1. The predicted octanol–water partition coefficient (Wildman–Crippen LogP) is 3.22. The van der Waals surface area contributed by atoms with E-state index >= 15 is 0 Å². The third kappa shape index (κ3) is 3.83. The maximum atomic E-state index is 5.93. The van der Waals surface area contributed by atoms with Crippen molar-refractivity contribution in [3.05, 3.63) is 23.2 Å². The van der Waals surface area contributed by atoms with Crippen LogP contribution in [0.15, 0.2) is 10.5 Å².